The third kappa shape index (κ3) is 2.96. The van der Waals surface area contributed by atoms with Crippen molar-refractivity contribution in [2.45, 2.75) is 0 Å². The van der Waals surface area contributed by atoms with Gasteiger partial charge in [-0.1, -0.05) is 23.4 Å². The quantitative estimate of drug-likeness (QED) is 0.494. The summed E-state index contributed by atoms with van der Waals surface area (Å²) in [6.07, 6.45) is 4.79. The van der Waals surface area contributed by atoms with Gasteiger partial charge in [0.05, 0.1) is 22.4 Å². The molecule has 3 heterocycles. The van der Waals surface area contributed by atoms with E-state index >= 15 is 0 Å². The molecule has 0 bridgehead atoms. The number of carbonyl (C=O) groups excluding carboxylic acids is 2. The monoisotopic (exact) mass is 411 g/mol. The maximum atomic E-state index is 13.1. The van der Waals surface area contributed by atoms with Crippen molar-refractivity contribution in [3.63, 3.8) is 0 Å². The molecule has 150 valence electrons. The Hall–Kier alpha value is -4.66. The number of carboxylic acids is 1. The molecule has 0 fully saturated rings. The van der Waals surface area contributed by atoms with Crippen molar-refractivity contribution in [2.24, 2.45) is 0 Å². The van der Waals surface area contributed by atoms with Gasteiger partial charge in [0.2, 0.25) is 0 Å². The number of amides is 2. The van der Waals surface area contributed by atoms with Crippen LogP contribution in [-0.4, -0.2) is 43.3 Å². The average Bonchev–Trinajstić information content (AvgIpc) is 3.41. The SMILES string of the molecule is O=C(O)c1cc(-c2cccnc2)ccc1N1C(=O)c2ccc(-c3c[nH]nn3)cc2C1=O. The molecular formula is C22H13N5O4. The number of aromatic amines is 1. The minimum Gasteiger partial charge on any atom is -0.478 e. The zero-order valence-electron chi connectivity index (χ0n) is 15.8. The van der Waals surface area contributed by atoms with Gasteiger partial charge in [0, 0.05) is 29.7 Å². The molecule has 0 atom stereocenters. The molecule has 1 aliphatic heterocycles. The number of rotatable bonds is 4. The highest BCUT2D eigenvalue weighted by molar-refractivity contribution is 6.35. The number of imide groups is 1. The molecular weight excluding hydrogens is 398 g/mol. The first-order valence-corrected chi connectivity index (χ1v) is 9.22. The van der Waals surface area contributed by atoms with Gasteiger partial charge < -0.3 is 5.11 Å². The number of hydrogen-bond acceptors (Lipinski definition) is 6. The van der Waals surface area contributed by atoms with Crippen LogP contribution >= 0.6 is 0 Å². The number of benzene rings is 2. The summed E-state index contributed by atoms with van der Waals surface area (Å²) in [6.45, 7) is 0. The third-order valence-corrected chi connectivity index (χ3v) is 5.06. The molecule has 4 aromatic rings. The fourth-order valence-corrected chi connectivity index (χ4v) is 3.58. The van der Waals surface area contributed by atoms with E-state index in [1.54, 1.807) is 48.9 Å². The summed E-state index contributed by atoms with van der Waals surface area (Å²) in [4.78, 5) is 43.0. The van der Waals surface area contributed by atoms with Gasteiger partial charge >= 0.3 is 5.97 Å². The smallest absolute Gasteiger partial charge is 0.337 e. The number of nitrogens with one attached hydrogen (secondary N) is 1. The number of H-pyrrole nitrogens is 1. The standard InChI is InChI=1S/C22H13N5O4/c28-20-15-5-3-13(18-11-24-26-25-18)9-16(15)21(29)27(20)19-6-4-12(8-17(19)22(30)31)14-2-1-7-23-10-14/h1-11H,(H,30,31)(H,24,25,26). The molecule has 9 nitrogen and oxygen atoms in total. The first-order valence-electron chi connectivity index (χ1n) is 9.22. The van der Waals surface area contributed by atoms with Crippen LogP contribution in [-0.2, 0) is 0 Å². The fraction of sp³-hybridized carbons (Fsp3) is 0. The van der Waals surface area contributed by atoms with E-state index in [1.165, 1.54) is 18.2 Å². The van der Waals surface area contributed by atoms with Crippen molar-refractivity contribution in [1.29, 1.82) is 0 Å². The van der Waals surface area contributed by atoms with E-state index in [2.05, 4.69) is 20.4 Å². The maximum absolute atomic E-state index is 13.1. The molecule has 0 spiro atoms. The normalized spacial score (nSPS) is 12.8. The molecule has 9 heteroatoms. The Bertz CT molecular complexity index is 1350. The van der Waals surface area contributed by atoms with Crippen molar-refractivity contribution in [3.8, 4) is 22.4 Å². The first kappa shape index (κ1) is 18.4. The van der Waals surface area contributed by atoms with Crippen LogP contribution in [0.3, 0.4) is 0 Å². The lowest BCUT2D eigenvalue weighted by molar-refractivity contribution is 0.0698. The van der Waals surface area contributed by atoms with Gasteiger partial charge in [0.15, 0.2) is 0 Å². The van der Waals surface area contributed by atoms with Gasteiger partial charge in [-0.05, 0) is 35.9 Å². The third-order valence-electron chi connectivity index (χ3n) is 5.06. The second-order valence-electron chi connectivity index (χ2n) is 6.84. The van der Waals surface area contributed by atoms with E-state index in [9.17, 15) is 19.5 Å². The molecule has 0 saturated heterocycles. The van der Waals surface area contributed by atoms with E-state index in [0.717, 1.165) is 10.5 Å². The van der Waals surface area contributed by atoms with E-state index < -0.39 is 17.8 Å². The Morgan fingerprint density at radius 2 is 1.74 bits per heavy atom. The largest absolute Gasteiger partial charge is 0.478 e. The molecule has 31 heavy (non-hydrogen) atoms. The molecule has 2 N–H and O–H groups in total. The predicted molar refractivity (Wildman–Crippen MR) is 110 cm³/mol. The molecule has 1 aliphatic rings. The van der Waals surface area contributed by atoms with Crippen molar-refractivity contribution in [1.82, 2.24) is 20.4 Å². The summed E-state index contributed by atoms with van der Waals surface area (Å²) < 4.78 is 0. The number of aromatic nitrogens is 4. The van der Waals surface area contributed by atoms with Crippen molar-refractivity contribution >= 4 is 23.5 Å². The number of hydrogen-bond donors (Lipinski definition) is 2. The van der Waals surface area contributed by atoms with Gasteiger partial charge in [0.25, 0.3) is 11.8 Å². The lowest BCUT2D eigenvalue weighted by Crippen LogP contribution is -2.31. The number of carboxylic acid groups (broad SMARTS) is 1. The fourth-order valence-electron chi connectivity index (χ4n) is 3.58. The molecule has 2 amide bonds. The maximum Gasteiger partial charge on any atom is 0.337 e. The van der Waals surface area contributed by atoms with Crippen LogP contribution in [0, 0.1) is 0 Å². The highest BCUT2D eigenvalue weighted by Crippen LogP contribution is 2.34. The van der Waals surface area contributed by atoms with Gasteiger partial charge in [-0.2, -0.15) is 0 Å². The summed E-state index contributed by atoms with van der Waals surface area (Å²) in [7, 11) is 0. The number of nitrogens with zero attached hydrogens (tertiary/aromatic N) is 4. The molecule has 0 radical (unpaired) electrons. The Balaban J connectivity index is 1.59. The van der Waals surface area contributed by atoms with Crippen LogP contribution in [0.1, 0.15) is 31.1 Å². The molecule has 0 unspecified atom stereocenters. The van der Waals surface area contributed by atoms with Gasteiger partial charge in [-0.25, -0.2) is 9.69 Å². The summed E-state index contributed by atoms with van der Waals surface area (Å²) >= 11 is 0. The van der Waals surface area contributed by atoms with Crippen LogP contribution in [0.4, 0.5) is 5.69 Å². The summed E-state index contributed by atoms with van der Waals surface area (Å²) in [5, 5.41) is 19.9. The molecule has 5 rings (SSSR count). The summed E-state index contributed by atoms with van der Waals surface area (Å²) in [6, 6.07) is 12.8. The number of aromatic carboxylic acids is 1. The Morgan fingerprint density at radius 1 is 0.935 bits per heavy atom. The minimum atomic E-state index is -1.25. The average molecular weight is 411 g/mol. The van der Waals surface area contributed by atoms with Gasteiger partial charge in [-0.15, -0.1) is 5.10 Å². The second kappa shape index (κ2) is 6.99. The Kier molecular flexibility index (Phi) is 4.14. The highest BCUT2D eigenvalue weighted by atomic mass is 16.4. The van der Waals surface area contributed by atoms with Crippen LogP contribution in [0.2, 0.25) is 0 Å². The van der Waals surface area contributed by atoms with E-state index in [0.29, 0.717) is 16.8 Å². The molecule has 2 aromatic carbocycles. The topological polar surface area (TPSA) is 129 Å². The lowest BCUT2D eigenvalue weighted by Gasteiger charge is -2.17. The summed E-state index contributed by atoms with van der Waals surface area (Å²) in [5.41, 5.74) is 2.69. The Labute approximate surface area is 175 Å². The number of pyridine rings is 1. The van der Waals surface area contributed by atoms with Crippen LogP contribution in [0.25, 0.3) is 22.4 Å². The number of fused-ring (bicyclic) bond motifs is 1. The van der Waals surface area contributed by atoms with Crippen LogP contribution in [0.15, 0.2) is 67.1 Å². The van der Waals surface area contributed by atoms with E-state index in [4.69, 9.17) is 0 Å². The highest BCUT2D eigenvalue weighted by Gasteiger charge is 2.38. The zero-order chi connectivity index (χ0) is 21.5. The van der Waals surface area contributed by atoms with E-state index in [1.807, 2.05) is 0 Å². The molecule has 0 aliphatic carbocycles. The Morgan fingerprint density at radius 3 is 2.45 bits per heavy atom. The summed E-state index contributed by atoms with van der Waals surface area (Å²) in [5.74, 6) is -2.43. The van der Waals surface area contributed by atoms with Gasteiger partial charge in [-0.3, -0.25) is 19.7 Å². The van der Waals surface area contributed by atoms with Crippen LogP contribution < -0.4 is 4.90 Å². The van der Waals surface area contributed by atoms with Crippen molar-refractivity contribution < 1.29 is 19.5 Å². The number of anilines is 1. The van der Waals surface area contributed by atoms with E-state index in [-0.39, 0.29) is 22.4 Å². The predicted octanol–water partition coefficient (Wildman–Crippen LogP) is 3.03. The van der Waals surface area contributed by atoms with Crippen LogP contribution in [0.5, 0.6) is 0 Å². The van der Waals surface area contributed by atoms with Gasteiger partial charge in [0.1, 0.15) is 5.69 Å². The minimum absolute atomic E-state index is 0.00864. The van der Waals surface area contributed by atoms with Crippen molar-refractivity contribution in [3.05, 3.63) is 83.8 Å². The molecule has 2 aromatic heterocycles. The second-order valence-corrected chi connectivity index (χ2v) is 6.84. The van der Waals surface area contributed by atoms with Crippen molar-refractivity contribution in [2.75, 3.05) is 4.90 Å². The molecule has 0 saturated carbocycles. The zero-order valence-corrected chi connectivity index (χ0v) is 15.8. The number of carbonyl (C=O) groups is 3. The lowest BCUT2D eigenvalue weighted by atomic mass is 10.0. The first-order chi connectivity index (χ1) is 15.0.